The molecular weight excluding hydrogens is 196 g/mol. The van der Waals surface area contributed by atoms with Gasteiger partial charge in [-0.2, -0.15) is 0 Å². The lowest BCUT2D eigenvalue weighted by Gasteiger charge is -2.03. The summed E-state index contributed by atoms with van der Waals surface area (Å²) in [6.45, 7) is 3.54. The van der Waals surface area contributed by atoms with Gasteiger partial charge >= 0.3 is 0 Å². The Hall–Kier alpha value is -1.89. The minimum atomic E-state index is 0.0886. The van der Waals surface area contributed by atoms with Crippen LogP contribution in [0.4, 0.5) is 0 Å². The number of rotatable bonds is 2. The first kappa shape index (κ1) is 10.6. The summed E-state index contributed by atoms with van der Waals surface area (Å²) in [6.07, 6.45) is 1.67. The van der Waals surface area contributed by atoms with Crippen LogP contribution in [0.2, 0.25) is 0 Å². The summed E-state index contributed by atoms with van der Waals surface area (Å²) in [6, 6.07) is 14.5. The van der Waals surface area contributed by atoms with Gasteiger partial charge in [0.2, 0.25) is 0 Å². The van der Waals surface area contributed by atoms with Gasteiger partial charge in [-0.25, -0.2) is 0 Å². The molecule has 0 amide bonds. The third-order valence-corrected chi connectivity index (χ3v) is 2.62. The first-order chi connectivity index (χ1) is 7.66. The number of carbonyl (C=O) groups excluding carboxylic acids is 1. The molecule has 0 fully saturated rings. The Labute approximate surface area is 95.4 Å². The van der Waals surface area contributed by atoms with Crippen molar-refractivity contribution in [2.45, 2.75) is 13.8 Å². The molecule has 1 nitrogen and oxygen atoms in total. The minimum Gasteiger partial charge on any atom is -0.295 e. The van der Waals surface area contributed by atoms with E-state index in [1.54, 1.807) is 13.0 Å². The Morgan fingerprint density at radius 3 is 2.38 bits per heavy atom. The van der Waals surface area contributed by atoms with Crippen molar-refractivity contribution in [3.8, 4) is 0 Å². The van der Waals surface area contributed by atoms with Crippen LogP contribution in [-0.2, 0) is 4.79 Å². The minimum absolute atomic E-state index is 0.0886. The molecule has 0 N–H and O–H groups in total. The normalized spacial score (nSPS) is 11.8. The fourth-order valence-corrected chi connectivity index (χ4v) is 1.82. The largest absolute Gasteiger partial charge is 0.295 e. The van der Waals surface area contributed by atoms with Gasteiger partial charge in [0.1, 0.15) is 0 Å². The summed E-state index contributed by atoms with van der Waals surface area (Å²) in [5.41, 5.74) is 2.12. The molecule has 2 aromatic rings. The molecule has 16 heavy (non-hydrogen) atoms. The third-order valence-electron chi connectivity index (χ3n) is 2.62. The van der Waals surface area contributed by atoms with Crippen molar-refractivity contribution in [3.05, 3.63) is 54.1 Å². The van der Waals surface area contributed by atoms with Crippen LogP contribution in [0.5, 0.6) is 0 Å². The van der Waals surface area contributed by atoms with E-state index in [9.17, 15) is 4.79 Å². The topological polar surface area (TPSA) is 17.1 Å². The lowest BCUT2D eigenvalue weighted by Crippen LogP contribution is -1.86. The van der Waals surface area contributed by atoms with Gasteiger partial charge in [-0.3, -0.25) is 4.79 Å². The van der Waals surface area contributed by atoms with Gasteiger partial charge in [0.05, 0.1) is 0 Å². The van der Waals surface area contributed by atoms with Gasteiger partial charge in [-0.15, -0.1) is 0 Å². The SMILES string of the molecule is CC(=O)/C=C(/C)c1ccc2ccccc2c1. The number of ketones is 1. The van der Waals surface area contributed by atoms with Gasteiger partial charge in [-0.1, -0.05) is 36.4 Å². The maximum absolute atomic E-state index is 11.0. The standard InChI is InChI=1S/C15H14O/c1-11(9-12(2)16)14-8-7-13-5-3-4-6-15(13)10-14/h3-10H,1-2H3/b11-9-. The number of benzene rings is 2. The van der Waals surface area contributed by atoms with E-state index < -0.39 is 0 Å². The van der Waals surface area contributed by atoms with E-state index >= 15 is 0 Å². The van der Waals surface area contributed by atoms with E-state index in [0.717, 1.165) is 11.1 Å². The van der Waals surface area contributed by atoms with E-state index in [1.165, 1.54) is 10.8 Å². The van der Waals surface area contributed by atoms with Crippen molar-refractivity contribution in [2.24, 2.45) is 0 Å². The molecular formula is C15H14O. The number of hydrogen-bond acceptors (Lipinski definition) is 1. The Balaban J connectivity index is 2.51. The highest BCUT2D eigenvalue weighted by Gasteiger charge is 1.99. The second kappa shape index (κ2) is 4.31. The van der Waals surface area contributed by atoms with Crippen molar-refractivity contribution in [1.29, 1.82) is 0 Å². The molecule has 0 saturated heterocycles. The molecule has 1 heteroatoms. The summed E-state index contributed by atoms with van der Waals surface area (Å²) in [5, 5.41) is 2.43. The Morgan fingerprint density at radius 2 is 1.69 bits per heavy atom. The lowest BCUT2D eigenvalue weighted by molar-refractivity contribution is -0.112. The molecule has 0 spiro atoms. The number of hydrogen-bond donors (Lipinski definition) is 0. The molecule has 0 aliphatic rings. The average Bonchev–Trinajstić information content (AvgIpc) is 2.27. The molecule has 0 atom stereocenters. The fourth-order valence-electron chi connectivity index (χ4n) is 1.82. The van der Waals surface area contributed by atoms with Crippen molar-refractivity contribution in [1.82, 2.24) is 0 Å². The van der Waals surface area contributed by atoms with Gasteiger partial charge in [0.15, 0.2) is 5.78 Å². The summed E-state index contributed by atoms with van der Waals surface area (Å²) >= 11 is 0. The molecule has 0 saturated carbocycles. The fraction of sp³-hybridized carbons (Fsp3) is 0.133. The monoisotopic (exact) mass is 210 g/mol. The van der Waals surface area contributed by atoms with E-state index in [1.807, 2.05) is 19.1 Å². The highest BCUT2D eigenvalue weighted by Crippen LogP contribution is 2.20. The molecule has 0 unspecified atom stereocenters. The summed E-state index contributed by atoms with van der Waals surface area (Å²) in [4.78, 5) is 11.0. The molecule has 0 heterocycles. The molecule has 0 aromatic heterocycles. The summed E-state index contributed by atoms with van der Waals surface area (Å²) in [5.74, 6) is 0.0886. The molecule has 0 aliphatic heterocycles. The van der Waals surface area contributed by atoms with E-state index in [2.05, 4.69) is 30.3 Å². The van der Waals surface area contributed by atoms with Crippen LogP contribution < -0.4 is 0 Å². The Kier molecular flexibility index (Phi) is 2.86. The van der Waals surface area contributed by atoms with E-state index in [4.69, 9.17) is 0 Å². The number of allylic oxidation sites excluding steroid dienone is 2. The second-order valence-electron chi connectivity index (χ2n) is 4.00. The zero-order chi connectivity index (χ0) is 11.5. The molecule has 80 valence electrons. The van der Waals surface area contributed by atoms with Crippen LogP contribution >= 0.6 is 0 Å². The maximum Gasteiger partial charge on any atom is 0.152 e. The van der Waals surface area contributed by atoms with Crippen molar-refractivity contribution in [3.63, 3.8) is 0 Å². The van der Waals surface area contributed by atoms with Gasteiger partial charge in [0, 0.05) is 0 Å². The quantitative estimate of drug-likeness (QED) is 0.688. The van der Waals surface area contributed by atoms with Crippen LogP contribution in [-0.4, -0.2) is 5.78 Å². The first-order valence-corrected chi connectivity index (χ1v) is 5.35. The van der Waals surface area contributed by atoms with Gasteiger partial charge < -0.3 is 0 Å². The van der Waals surface area contributed by atoms with Crippen LogP contribution in [0.3, 0.4) is 0 Å². The molecule has 0 radical (unpaired) electrons. The van der Waals surface area contributed by atoms with E-state index in [0.29, 0.717) is 0 Å². The molecule has 0 bridgehead atoms. The third kappa shape index (κ3) is 2.19. The first-order valence-electron chi connectivity index (χ1n) is 5.35. The van der Waals surface area contributed by atoms with Crippen molar-refractivity contribution >= 4 is 22.1 Å². The van der Waals surface area contributed by atoms with Crippen LogP contribution in [0.1, 0.15) is 19.4 Å². The van der Waals surface area contributed by atoms with Crippen LogP contribution in [0.25, 0.3) is 16.3 Å². The average molecular weight is 210 g/mol. The predicted molar refractivity (Wildman–Crippen MR) is 68.3 cm³/mol. The van der Waals surface area contributed by atoms with Crippen LogP contribution in [0.15, 0.2) is 48.5 Å². The van der Waals surface area contributed by atoms with Gasteiger partial charge in [-0.05, 0) is 47.9 Å². The highest BCUT2D eigenvalue weighted by molar-refractivity contribution is 5.96. The lowest BCUT2D eigenvalue weighted by atomic mass is 10.0. The molecule has 0 aliphatic carbocycles. The molecule has 2 rings (SSSR count). The zero-order valence-electron chi connectivity index (χ0n) is 9.53. The number of fused-ring (bicyclic) bond motifs is 1. The Morgan fingerprint density at radius 1 is 1.00 bits per heavy atom. The van der Waals surface area contributed by atoms with Gasteiger partial charge in [0.25, 0.3) is 0 Å². The smallest absolute Gasteiger partial charge is 0.152 e. The molecule has 2 aromatic carbocycles. The zero-order valence-corrected chi connectivity index (χ0v) is 9.53. The Bertz CT molecular complexity index is 564. The summed E-state index contributed by atoms with van der Waals surface area (Å²) in [7, 11) is 0. The van der Waals surface area contributed by atoms with Crippen LogP contribution in [0, 0.1) is 0 Å². The number of carbonyl (C=O) groups is 1. The maximum atomic E-state index is 11.0. The predicted octanol–water partition coefficient (Wildman–Crippen LogP) is 3.83. The van der Waals surface area contributed by atoms with E-state index in [-0.39, 0.29) is 5.78 Å². The second-order valence-corrected chi connectivity index (χ2v) is 4.00. The van der Waals surface area contributed by atoms with Crippen molar-refractivity contribution < 1.29 is 4.79 Å². The van der Waals surface area contributed by atoms with Crippen molar-refractivity contribution in [2.75, 3.05) is 0 Å². The highest BCUT2D eigenvalue weighted by atomic mass is 16.1. The summed E-state index contributed by atoms with van der Waals surface area (Å²) < 4.78 is 0.